The minimum absolute atomic E-state index is 0.119. The number of carbonyl (C=O) groups excluding carboxylic acids is 2. The zero-order chi connectivity index (χ0) is 15.2. The first kappa shape index (κ1) is 16.0. The highest BCUT2D eigenvalue weighted by Crippen LogP contribution is 2.30. The maximum absolute atomic E-state index is 12.2. The first-order chi connectivity index (χ1) is 10.1. The zero-order valence-corrected chi connectivity index (χ0v) is 13.5. The van der Waals surface area contributed by atoms with Crippen LogP contribution in [0.15, 0.2) is 23.3 Å². The molecule has 0 aliphatic carbocycles. The average molecular weight is 326 g/mol. The molecule has 0 bridgehead atoms. The lowest BCUT2D eigenvalue weighted by atomic mass is 10.4. The summed E-state index contributed by atoms with van der Waals surface area (Å²) in [7, 11) is 0. The Labute approximate surface area is 134 Å². The molecule has 114 valence electrons. The summed E-state index contributed by atoms with van der Waals surface area (Å²) in [6.45, 7) is 4.03. The summed E-state index contributed by atoms with van der Waals surface area (Å²) in [4.78, 5) is 27.7. The number of thiocarbonyl (C=S) groups is 1. The van der Waals surface area contributed by atoms with Crippen LogP contribution in [-0.2, 0) is 14.3 Å². The maximum Gasteiger partial charge on any atom is 0.326 e. The molecule has 2 heterocycles. The summed E-state index contributed by atoms with van der Waals surface area (Å²) in [6.07, 6.45) is 8.04. The Morgan fingerprint density at radius 3 is 2.81 bits per heavy atom. The fourth-order valence-electron chi connectivity index (χ4n) is 2.13. The molecule has 0 N–H and O–H groups in total. The molecule has 2 aliphatic rings. The van der Waals surface area contributed by atoms with Gasteiger partial charge in [0, 0.05) is 13.1 Å². The number of likely N-dealkylation sites (tertiary alicyclic amines) is 1. The minimum Gasteiger partial charge on any atom is -0.465 e. The number of allylic oxidation sites excluding steroid dienone is 2. The molecule has 2 rings (SSSR count). The Balaban J connectivity index is 1.95. The lowest BCUT2D eigenvalue weighted by Crippen LogP contribution is -2.34. The highest BCUT2D eigenvalue weighted by Gasteiger charge is 2.33. The van der Waals surface area contributed by atoms with E-state index in [4.69, 9.17) is 17.0 Å². The SMILES string of the molecule is CCOC(=O)CN1C(=O)/C(=C\C=C\N2CCCC2)SC1=S. The molecule has 0 aromatic rings. The third-order valence-electron chi connectivity index (χ3n) is 3.15. The van der Waals surface area contributed by atoms with E-state index >= 15 is 0 Å². The summed E-state index contributed by atoms with van der Waals surface area (Å²) in [5, 5.41) is 0. The van der Waals surface area contributed by atoms with E-state index in [1.165, 1.54) is 29.5 Å². The number of esters is 1. The van der Waals surface area contributed by atoms with Crippen molar-refractivity contribution in [3.8, 4) is 0 Å². The van der Waals surface area contributed by atoms with Gasteiger partial charge in [0.1, 0.15) is 10.9 Å². The Kier molecular flexibility index (Phi) is 5.81. The van der Waals surface area contributed by atoms with E-state index < -0.39 is 5.97 Å². The molecule has 1 amide bonds. The second-order valence-electron chi connectivity index (χ2n) is 4.68. The topological polar surface area (TPSA) is 49.9 Å². The molecule has 0 spiro atoms. The van der Waals surface area contributed by atoms with Crippen molar-refractivity contribution in [2.45, 2.75) is 19.8 Å². The van der Waals surface area contributed by atoms with Crippen molar-refractivity contribution in [1.29, 1.82) is 0 Å². The zero-order valence-electron chi connectivity index (χ0n) is 11.9. The molecule has 0 aromatic carbocycles. The predicted octanol–water partition coefficient (Wildman–Crippen LogP) is 1.90. The largest absolute Gasteiger partial charge is 0.465 e. The smallest absolute Gasteiger partial charge is 0.326 e. The molecule has 0 aromatic heterocycles. The van der Waals surface area contributed by atoms with E-state index in [-0.39, 0.29) is 12.5 Å². The third kappa shape index (κ3) is 4.31. The van der Waals surface area contributed by atoms with E-state index in [9.17, 15) is 9.59 Å². The van der Waals surface area contributed by atoms with E-state index in [0.717, 1.165) is 13.1 Å². The number of hydrogen-bond acceptors (Lipinski definition) is 6. The van der Waals surface area contributed by atoms with Crippen molar-refractivity contribution < 1.29 is 14.3 Å². The van der Waals surface area contributed by atoms with E-state index in [1.807, 2.05) is 12.3 Å². The van der Waals surface area contributed by atoms with Gasteiger partial charge in [-0.15, -0.1) is 0 Å². The van der Waals surface area contributed by atoms with Crippen LogP contribution >= 0.6 is 24.0 Å². The van der Waals surface area contributed by atoms with Crippen LogP contribution in [0.4, 0.5) is 0 Å². The van der Waals surface area contributed by atoms with Crippen LogP contribution in [-0.4, -0.2) is 52.2 Å². The number of amides is 1. The molecular weight excluding hydrogens is 308 g/mol. The first-order valence-electron chi connectivity index (χ1n) is 6.93. The fraction of sp³-hybridized carbons (Fsp3) is 0.500. The standard InChI is InChI=1S/C14H18N2O3S2/c1-2-19-12(17)10-16-13(18)11(21-14(16)20)6-5-9-15-7-3-4-8-15/h5-6,9H,2-4,7-8,10H2,1H3/b9-5+,11-6+. The van der Waals surface area contributed by atoms with E-state index in [1.54, 1.807) is 13.0 Å². The Bertz CT molecular complexity index is 496. The summed E-state index contributed by atoms with van der Waals surface area (Å²) in [5.74, 6) is -0.674. The number of ether oxygens (including phenoxy) is 1. The molecule has 2 saturated heterocycles. The van der Waals surface area contributed by atoms with Gasteiger partial charge in [-0.1, -0.05) is 24.0 Å². The molecule has 7 heteroatoms. The van der Waals surface area contributed by atoms with Gasteiger partial charge in [-0.2, -0.15) is 0 Å². The monoisotopic (exact) mass is 326 g/mol. The van der Waals surface area contributed by atoms with Crippen LogP contribution in [0.25, 0.3) is 0 Å². The fourth-order valence-corrected chi connectivity index (χ4v) is 3.34. The minimum atomic E-state index is -0.442. The number of thioether (sulfide) groups is 1. The Morgan fingerprint density at radius 2 is 2.14 bits per heavy atom. The molecule has 0 unspecified atom stereocenters. The van der Waals surface area contributed by atoms with Crippen LogP contribution in [0.2, 0.25) is 0 Å². The van der Waals surface area contributed by atoms with Crippen molar-refractivity contribution in [2.75, 3.05) is 26.2 Å². The summed E-state index contributed by atoms with van der Waals surface area (Å²) in [6, 6.07) is 0. The van der Waals surface area contributed by atoms with Crippen molar-refractivity contribution in [3.63, 3.8) is 0 Å². The maximum atomic E-state index is 12.2. The van der Waals surface area contributed by atoms with Crippen molar-refractivity contribution in [3.05, 3.63) is 23.3 Å². The molecule has 0 atom stereocenters. The van der Waals surface area contributed by atoms with Crippen molar-refractivity contribution >= 4 is 40.2 Å². The normalized spacial score (nSPS) is 21.1. The van der Waals surface area contributed by atoms with Gasteiger partial charge in [-0.25, -0.2) is 0 Å². The van der Waals surface area contributed by atoms with Gasteiger partial charge in [-0.3, -0.25) is 14.5 Å². The molecule has 21 heavy (non-hydrogen) atoms. The lowest BCUT2D eigenvalue weighted by Gasteiger charge is -2.12. The number of hydrogen-bond donors (Lipinski definition) is 0. The Hall–Kier alpha value is -1.34. The second kappa shape index (κ2) is 7.61. The summed E-state index contributed by atoms with van der Waals surface area (Å²) < 4.78 is 5.24. The van der Waals surface area contributed by atoms with Gasteiger partial charge in [0.05, 0.1) is 11.5 Å². The number of nitrogens with zero attached hydrogens (tertiary/aromatic N) is 2. The third-order valence-corrected chi connectivity index (χ3v) is 4.55. The van der Waals surface area contributed by atoms with Gasteiger partial charge in [0.25, 0.3) is 5.91 Å². The predicted molar refractivity (Wildman–Crippen MR) is 86.6 cm³/mol. The Morgan fingerprint density at radius 1 is 1.43 bits per heavy atom. The van der Waals surface area contributed by atoms with Crippen molar-refractivity contribution in [2.24, 2.45) is 0 Å². The van der Waals surface area contributed by atoms with E-state index in [0.29, 0.717) is 15.8 Å². The average Bonchev–Trinajstić information content (AvgIpc) is 3.04. The van der Waals surface area contributed by atoms with Crippen LogP contribution in [0.3, 0.4) is 0 Å². The lowest BCUT2D eigenvalue weighted by molar-refractivity contribution is -0.145. The molecule has 0 radical (unpaired) electrons. The first-order valence-corrected chi connectivity index (χ1v) is 8.16. The summed E-state index contributed by atoms with van der Waals surface area (Å²) >= 11 is 6.36. The van der Waals surface area contributed by atoms with Gasteiger partial charge in [-0.05, 0) is 38.1 Å². The highest BCUT2D eigenvalue weighted by atomic mass is 32.2. The van der Waals surface area contributed by atoms with Gasteiger partial charge >= 0.3 is 5.97 Å². The van der Waals surface area contributed by atoms with Crippen LogP contribution in [0.5, 0.6) is 0 Å². The van der Waals surface area contributed by atoms with E-state index in [2.05, 4.69) is 4.90 Å². The second-order valence-corrected chi connectivity index (χ2v) is 6.36. The van der Waals surface area contributed by atoms with Crippen LogP contribution in [0, 0.1) is 0 Å². The quantitative estimate of drug-likeness (QED) is 0.437. The van der Waals surface area contributed by atoms with Crippen LogP contribution in [0.1, 0.15) is 19.8 Å². The van der Waals surface area contributed by atoms with Gasteiger partial charge < -0.3 is 9.64 Å². The van der Waals surface area contributed by atoms with Gasteiger partial charge in [0.15, 0.2) is 0 Å². The molecule has 2 fully saturated rings. The van der Waals surface area contributed by atoms with Crippen LogP contribution < -0.4 is 0 Å². The highest BCUT2D eigenvalue weighted by molar-refractivity contribution is 8.26. The molecule has 5 nitrogen and oxygen atoms in total. The molecule has 0 saturated carbocycles. The van der Waals surface area contributed by atoms with Crippen molar-refractivity contribution in [1.82, 2.24) is 9.80 Å². The number of rotatable bonds is 5. The molecular formula is C14H18N2O3S2. The number of carbonyl (C=O) groups is 2. The van der Waals surface area contributed by atoms with Gasteiger partial charge in [0.2, 0.25) is 0 Å². The summed E-state index contributed by atoms with van der Waals surface area (Å²) in [5.41, 5.74) is 0. The molecule has 2 aliphatic heterocycles.